The van der Waals surface area contributed by atoms with Crippen LogP contribution in [0.25, 0.3) is 0 Å². The van der Waals surface area contributed by atoms with Crippen molar-refractivity contribution < 1.29 is 22.7 Å². The molecule has 2 amide bonds. The average Bonchev–Trinajstić information content (AvgIpc) is 2.89. The van der Waals surface area contributed by atoms with E-state index in [1.165, 1.54) is 17.0 Å². The second kappa shape index (κ2) is 13.0. The monoisotopic (exact) mass is 599 g/mol. The first-order chi connectivity index (χ1) is 19.1. The molecule has 0 unspecified atom stereocenters. The maximum Gasteiger partial charge on any atom is 0.264 e. The number of nitrogens with zero attached hydrogens (tertiary/aromatic N) is 2. The van der Waals surface area contributed by atoms with Crippen LogP contribution in [0.5, 0.6) is 5.75 Å². The van der Waals surface area contributed by atoms with Gasteiger partial charge < -0.3 is 15.0 Å². The minimum Gasteiger partial charge on any atom is -0.497 e. The van der Waals surface area contributed by atoms with Crippen LogP contribution in [0.3, 0.4) is 0 Å². The molecule has 0 aliphatic rings. The molecule has 3 aromatic carbocycles. The van der Waals surface area contributed by atoms with Gasteiger partial charge in [0.1, 0.15) is 18.3 Å². The predicted molar refractivity (Wildman–Crippen MR) is 163 cm³/mol. The summed E-state index contributed by atoms with van der Waals surface area (Å²) in [5.74, 6) is -0.305. The van der Waals surface area contributed by atoms with Crippen molar-refractivity contribution in [3.05, 3.63) is 88.4 Å². The normalized spacial score (nSPS) is 12.4. The molecule has 0 bridgehead atoms. The second-order valence-electron chi connectivity index (χ2n) is 11.0. The number of hydrogen-bond donors (Lipinski definition) is 1. The SMILES string of the molecule is COc1cccc(CN(C(=O)CN(c2ccc(Cl)cc2C)S(=O)(=O)c2ccc(C)cc2)[C@H](C)C(=O)NC(C)(C)C)c1. The van der Waals surface area contributed by atoms with Crippen LogP contribution in [0, 0.1) is 13.8 Å². The van der Waals surface area contributed by atoms with Gasteiger partial charge in [-0.15, -0.1) is 0 Å². The molecule has 220 valence electrons. The molecule has 0 aliphatic heterocycles. The molecule has 10 heteroatoms. The summed E-state index contributed by atoms with van der Waals surface area (Å²) in [6.07, 6.45) is 0. The van der Waals surface area contributed by atoms with Crippen molar-refractivity contribution in [1.82, 2.24) is 10.2 Å². The Bertz CT molecular complexity index is 1500. The molecule has 3 aromatic rings. The van der Waals surface area contributed by atoms with Crippen LogP contribution in [0.1, 0.15) is 44.4 Å². The summed E-state index contributed by atoms with van der Waals surface area (Å²) in [6, 6.07) is 17.5. The molecule has 8 nitrogen and oxygen atoms in total. The molecule has 0 spiro atoms. The molecule has 3 rings (SSSR count). The number of ether oxygens (including phenoxy) is 1. The van der Waals surface area contributed by atoms with Crippen molar-refractivity contribution in [2.24, 2.45) is 0 Å². The van der Waals surface area contributed by atoms with Gasteiger partial charge in [0.2, 0.25) is 11.8 Å². The van der Waals surface area contributed by atoms with Gasteiger partial charge >= 0.3 is 0 Å². The molecule has 1 N–H and O–H groups in total. The Morgan fingerprint density at radius 1 is 1.00 bits per heavy atom. The highest BCUT2D eigenvalue weighted by Gasteiger charge is 2.34. The summed E-state index contributed by atoms with van der Waals surface area (Å²) >= 11 is 6.17. The lowest BCUT2D eigenvalue weighted by Crippen LogP contribution is -2.54. The summed E-state index contributed by atoms with van der Waals surface area (Å²) in [6.45, 7) is 10.3. The third kappa shape index (κ3) is 8.24. The zero-order valence-electron chi connectivity index (χ0n) is 24.6. The fourth-order valence-electron chi connectivity index (χ4n) is 4.27. The Kier molecular flexibility index (Phi) is 10.1. The molecule has 0 heterocycles. The first-order valence-electron chi connectivity index (χ1n) is 13.2. The zero-order valence-corrected chi connectivity index (χ0v) is 26.1. The number of halogens is 1. The number of carbonyl (C=O) groups is 2. The zero-order chi connectivity index (χ0) is 30.5. The van der Waals surface area contributed by atoms with Gasteiger partial charge in [-0.05, 0) is 95.1 Å². The summed E-state index contributed by atoms with van der Waals surface area (Å²) in [7, 11) is -2.63. The van der Waals surface area contributed by atoms with Crippen molar-refractivity contribution in [3.63, 3.8) is 0 Å². The van der Waals surface area contributed by atoms with Gasteiger partial charge in [-0.25, -0.2) is 8.42 Å². The number of hydrogen-bond acceptors (Lipinski definition) is 5. The lowest BCUT2D eigenvalue weighted by molar-refractivity contribution is -0.140. The van der Waals surface area contributed by atoms with Crippen LogP contribution in [0.15, 0.2) is 71.6 Å². The average molecular weight is 600 g/mol. The number of amides is 2. The third-order valence-electron chi connectivity index (χ3n) is 6.47. The Hall–Kier alpha value is -3.56. The van der Waals surface area contributed by atoms with Gasteiger partial charge in [0.15, 0.2) is 0 Å². The lowest BCUT2D eigenvalue weighted by Gasteiger charge is -2.34. The van der Waals surface area contributed by atoms with Crippen molar-refractivity contribution >= 4 is 39.1 Å². The summed E-state index contributed by atoms with van der Waals surface area (Å²) in [5.41, 5.74) is 1.99. The number of benzene rings is 3. The van der Waals surface area contributed by atoms with Crippen LogP contribution < -0.4 is 14.4 Å². The van der Waals surface area contributed by atoms with Gasteiger partial charge in [0.05, 0.1) is 17.7 Å². The number of methoxy groups -OCH3 is 1. The summed E-state index contributed by atoms with van der Waals surface area (Å²) in [5, 5.41) is 3.36. The fraction of sp³-hybridized carbons (Fsp3) is 0.355. The Morgan fingerprint density at radius 3 is 2.24 bits per heavy atom. The van der Waals surface area contributed by atoms with Crippen LogP contribution in [-0.2, 0) is 26.2 Å². The quantitative estimate of drug-likeness (QED) is 0.332. The third-order valence-corrected chi connectivity index (χ3v) is 8.48. The van der Waals surface area contributed by atoms with Gasteiger partial charge in [-0.3, -0.25) is 13.9 Å². The standard InChI is InChI=1S/C31H38ClN3O5S/c1-21-11-14-27(15-12-21)41(38,39)35(28-16-13-25(32)17-22(28)2)20-29(36)34(23(3)30(37)33-31(4,5)6)19-24-9-8-10-26(18-24)40-7/h8-18,23H,19-20H2,1-7H3,(H,33,37)/t23-/m1/s1. The molecule has 0 saturated heterocycles. The topological polar surface area (TPSA) is 96.0 Å². The number of carbonyl (C=O) groups excluding carboxylic acids is 2. The van der Waals surface area contributed by atoms with E-state index in [2.05, 4.69) is 5.32 Å². The highest BCUT2D eigenvalue weighted by atomic mass is 35.5. The van der Waals surface area contributed by atoms with Crippen molar-refractivity contribution in [3.8, 4) is 5.75 Å². The minimum atomic E-state index is -4.17. The van der Waals surface area contributed by atoms with E-state index in [-0.39, 0.29) is 17.3 Å². The van der Waals surface area contributed by atoms with Crippen molar-refractivity contribution in [1.29, 1.82) is 0 Å². The molecule has 0 saturated carbocycles. The van der Waals surface area contributed by atoms with E-state index >= 15 is 0 Å². The number of sulfonamides is 1. The van der Waals surface area contributed by atoms with E-state index in [0.29, 0.717) is 22.0 Å². The summed E-state index contributed by atoms with van der Waals surface area (Å²) in [4.78, 5) is 28.8. The second-order valence-corrected chi connectivity index (χ2v) is 13.3. The maximum atomic E-state index is 14.1. The highest BCUT2D eigenvalue weighted by molar-refractivity contribution is 7.92. The first-order valence-corrected chi connectivity index (χ1v) is 15.0. The van der Waals surface area contributed by atoms with E-state index in [9.17, 15) is 18.0 Å². The largest absolute Gasteiger partial charge is 0.497 e. The molecule has 41 heavy (non-hydrogen) atoms. The smallest absolute Gasteiger partial charge is 0.264 e. The van der Waals surface area contributed by atoms with Crippen LogP contribution in [0.2, 0.25) is 5.02 Å². The number of aryl methyl sites for hydroxylation is 2. The van der Waals surface area contributed by atoms with E-state index in [1.54, 1.807) is 69.5 Å². The fourth-order valence-corrected chi connectivity index (χ4v) is 5.98. The minimum absolute atomic E-state index is 0.0446. The summed E-state index contributed by atoms with van der Waals surface area (Å²) < 4.78 is 34.4. The number of nitrogens with one attached hydrogen (secondary N) is 1. The van der Waals surface area contributed by atoms with E-state index in [4.69, 9.17) is 16.3 Å². The van der Waals surface area contributed by atoms with Crippen molar-refractivity contribution in [2.45, 2.75) is 64.6 Å². The van der Waals surface area contributed by atoms with Gasteiger partial charge in [-0.2, -0.15) is 0 Å². The molecule has 0 aliphatic carbocycles. The molecule has 0 aromatic heterocycles. The first kappa shape index (κ1) is 32.0. The Morgan fingerprint density at radius 2 is 1.66 bits per heavy atom. The Balaban J connectivity index is 2.08. The predicted octanol–water partition coefficient (Wildman–Crippen LogP) is 5.49. The molecular weight excluding hydrogens is 562 g/mol. The molecule has 0 fully saturated rings. The van der Waals surface area contributed by atoms with Gasteiger partial charge in [0.25, 0.3) is 10.0 Å². The van der Waals surface area contributed by atoms with Crippen LogP contribution >= 0.6 is 11.6 Å². The van der Waals surface area contributed by atoms with Crippen LogP contribution in [-0.4, -0.2) is 50.4 Å². The van der Waals surface area contributed by atoms with Gasteiger partial charge in [0, 0.05) is 17.1 Å². The number of anilines is 1. The molecular formula is C31H38ClN3O5S. The maximum absolute atomic E-state index is 14.1. The molecule has 1 atom stereocenters. The van der Waals surface area contributed by atoms with Crippen molar-refractivity contribution in [2.75, 3.05) is 18.0 Å². The van der Waals surface area contributed by atoms with E-state index in [0.717, 1.165) is 15.4 Å². The Labute approximate surface area is 248 Å². The number of rotatable bonds is 10. The van der Waals surface area contributed by atoms with E-state index in [1.807, 2.05) is 33.8 Å². The van der Waals surface area contributed by atoms with E-state index < -0.39 is 34.1 Å². The molecule has 0 radical (unpaired) electrons. The lowest BCUT2D eigenvalue weighted by atomic mass is 10.1. The van der Waals surface area contributed by atoms with Gasteiger partial charge in [-0.1, -0.05) is 41.4 Å². The highest BCUT2D eigenvalue weighted by Crippen LogP contribution is 2.29. The van der Waals surface area contributed by atoms with Crippen LogP contribution in [0.4, 0.5) is 5.69 Å².